The lowest BCUT2D eigenvalue weighted by molar-refractivity contribution is -0.143. The van der Waals surface area contributed by atoms with E-state index in [1.165, 1.54) is 23.7 Å². The number of hydrogen-bond donors (Lipinski definition) is 2. The molecule has 23 heteroatoms. The van der Waals surface area contributed by atoms with Crippen molar-refractivity contribution in [1.82, 2.24) is 18.9 Å². The highest BCUT2D eigenvalue weighted by Crippen LogP contribution is 2.38. The number of carbonyl (C=O) groups excluding carboxylic acids is 3. The van der Waals surface area contributed by atoms with E-state index in [9.17, 15) is 45.5 Å². The summed E-state index contributed by atoms with van der Waals surface area (Å²) in [5.74, 6) is -1.06. The molecule has 1 fully saturated rings. The number of aromatic carboxylic acids is 1. The molecule has 12 nitrogen and oxygen atoms in total. The number of carboxylic acids is 1. The van der Waals surface area contributed by atoms with Crippen molar-refractivity contribution in [3.63, 3.8) is 0 Å². The summed E-state index contributed by atoms with van der Waals surface area (Å²) >= 11 is 15.3. The Bertz CT molecular complexity index is 3090. The number of rotatable bonds is 7. The van der Waals surface area contributed by atoms with Crippen molar-refractivity contribution in [3.05, 3.63) is 131 Å². The van der Waals surface area contributed by atoms with E-state index in [0.29, 0.717) is 58.3 Å². The summed E-state index contributed by atoms with van der Waals surface area (Å²) in [6.07, 6.45) is -8.59. The smallest absolute Gasteiger partial charge is 0.416 e. The molecule has 0 radical (unpaired) electrons. The van der Waals surface area contributed by atoms with Crippen molar-refractivity contribution in [2.24, 2.45) is 14.1 Å². The lowest BCUT2D eigenvalue weighted by Gasteiger charge is -2.28. The number of amides is 3. The summed E-state index contributed by atoms with van der Waals surface area (Å²) < 4.78 is 92.0. The number of carboxylic acid groups (broad SMARTS) is 1. The fraction of sp³-hybridized carbons (Fsp3) is 0.271. The number of hydrogen-bond acceptors (Lipinski definition) is 8. The zero-order valence-electron chi connectivity index (χ0n) is 38.3. The van der Waals surface area contributed by atoms with E-state index in [1.54, 1.807) is 18.9 Å². The SMILES string of the molecule is Cc1c(C(=O)O)c2cc(Br)ccc2n1C.Cc1c(N(C)C(=O)OCc2cc(C(F)(F)F)cc(C(F)(F)F)c2)c2cc(C3=CCN(C(=O)CN4C(=O)CSC4=S)CC3)ccc2n1C.Nc1ccc(Br)cc1I. The molecule has 0 saturated carbocycles. The molecule has 0 atom stereocenters. The molecule has 3 amide bonds. The first-order chi connectivity index (χ1) is 33.2. The fourth-order valence-corrected chi connectivity index (χ4v) is 10.6. The molecule has 71 heavy (non-hydrogen) atoms. The monoisotopic (exact) mass is 1260 g/mol. The van der Waals surface area contributed by atoms with Crippen molar-refractivity contribution in [1.29, 1.82) is 0 Å². The summed E-state index contributed by atoms with van der Waals surface area (Å²) in [6, 6.07) is 18.2. The van der Waals surface area contributed by atoms with Crippen LogP contribution >= 0.6 is 78.4 Å². The van der Waals surface area contributed by atoms with Crippen molar-refractivity contribution in [2.75, 3.05) is 43.1 Å². The number of anilines is 2. The number of carbonyl (C=O) groups is 4. The van der Waals surface area contributed by atoms with Gasteiger partial charge < -0.3 is 29.6 Å². The zero-order valence-corrected chi connectivity index (χ0v) is 45.2. The van der Waals surface area contributed by atoms with E-state index >= 15 is 0 Å². The second-order valence-corrected chi connectivity index (χ2v) is 20.9. The Hall–Kier alpha value is -5.11. The quantitative estimate of drug-likeness (QED) is 0.0691. The van der Waals surface area contributed by atoms with Crippen LogP contribution in [0.25, 0.3) is 27.4 Å². The van der Waals surface area contributed by atoms with Gasteiger partial charge in [-0.15, -0.1) is 0 Å². The minimum Gasteiger partial charge on any atom is -0.478 e. The Kier molecular flexibility index (Phi) is 17.4. The van der Waals surface area contributed by atoms with Gasteiger partial charge in [0.05, 0.1) is 33.6 Å². The average molecular weight is 1260 g/mol. The third kappa shape index (κ3) is 12.7. The Labute approximate surface area is 443 Å². The number of aryl methyl sites for hydroxylation is 2. The maximum absolute atomic E-state index is 13.3. The third-order valence-corrected chi connectivity index (χ3v) is 15.1. The third-order valence-electron chi connectivity index (χ3n) is 11.8. The van der Waals surface area contributed by atoms with E-state index in [2.05, 4.69) is 54.5 Å². The van der Waals surface area contributed by atoms with Gasteiger partial charge in [0.2, 0.25) is 11.8 Å². The number of aromatic nitrogens is 2. The normalized spacial score (nSPS) is 14.0. The van der Waals surface area contributed by atoms with Crippen LogP contribution < -0.4 is 10.6 Å². The summed E-state index contributed by atoms with van der Waals surface area (Å²) in [5, 5.41) is 10.6. The van der Waals surface area contributed by atoms with Crippen molar-refractivity contribution < 1.29 is 55.4 Å². The van der Waals surface area contributed by atoms with Crippen molar-refractivity contribution >= 4 is 145 Å². The van der Waals surface area contributed by atoms with Crippen LogP contribution in [0.2, 0.25) is 0 Å². The second kappa shape index (κ2) is 22.3. The van der Waals surface area contributed by atoms with Crippen LogP contribution in [0.5, 0.6) is 0 Å². The highest BCUT2D eigenvalue weighted by Gasteiger charge is 2.37. The first kappa shape index (κ1) is 55.2. The first-order valence-electron chi connectivity index (χ1n) is 21.1. The number of nitrogens with zero attached hydrogens (tertiary/aromatic N) is 5. The van der Waals surface area contributed by atoms with Gasteiger partial charge in [-0.25, -0.2) is 9.59 Å². The molecule has 4 aromatic carbocycles. The fourth-order valence-electron chi connectivity index (χ4n) is 7.85. The van der Waals surface area contributed by atoms with Gasteiger partial charge in [0.1, 0.15) is 17.5 Å². The number of nitrogen functional groups attached to an aromatic ring is 1. The molecule has 2 aliphatic heterocycles. The minimum absolute atomic E-state index is 0.0113. The lowest BCUT2D eigenvalue weighted by atomic mass is 9.98. The zero-order chi connectivity index (χ0) is 52.4. The molecule has 8 rings (SSSR count). The highest BCUT2D eigenvalue weighted by molar-refractivity contribution is 14.1. The van der Waals surface area contributed by atoms with Gasteiger partial charge in [0.15, 0.2) is 0 Å². The highest BCUT2D eigenvalue weighted by atomic mass is 127. The predicted octanol–water partition coefficient (Wildman–Crippen LogP) is 12.4. The number of thioether (sulfide) groups is 1. The van der Waals surface area contributed by atoms with Gasteiger partial charge in [-0.1, -0.05) is 68.0 Å². The summed E-state index contributed by atoms with van der Waals surface area (Å²) in [6.45, 7) is 3.41. The molecule has 0 bridgehead atoms. The van der Waals surface area contributed by atoms with Crippen LogP contribution in [-0.4, -0.2) is 84.7 Å². The number of benzene rings is 4. The largest absolute Gasteiger partial charge is 0.478 e. The number of nitrogens with two attached hydrogens (primary N) is 1. The molecule has 4 heterocycles. The van der Waals surface area contributed by atoms with E-state index in [-0.39, 0.29) is 30.2 Å². The van der Waals surface area contributed by atoms with Gasteiger partial charge in [-0.05, 0) is 126 Å². The van der Waals surface area contributed by atoms with E-state index in [0.717, 1.165) is 56.4 Å². The molecule has 2 aliphatic rings. The molecule has 3 N–H and O–H groups in total. The van der Waals surface area contributed by atoms with Gasteiger partial charge in [-0.2, -0.15) is 26.3 Å². The molecular weight excluding hydrogens is 1220 g/mol. The standard InChI is InChI=1S/C31H28F6N4O4S2.C11H10BrNO2.C6H5BrIN/c1-17-27(39(3)28(44)45-15-18-10-21(30(32,33)34)13-22(11-18)31(35,36)37)23-12-20(4-5-24(23)38(17)2)19-6-8-40(9-7-19)25(42)14-41-26(43)16-47-29(41)46;1-6-10(11(14)15)8-5-7(12)3-4-9(8)13(6)2;7-4-1-2-6(9)5(8)3-4/h4-6,10-13H,7-9,14-16H2,1-3H3;3-5H,1-2H3,(H,14,15);1-3H,9H2. The van der Waals surface area contributed by atoms with Gasteiger partial charge >= 0.3 is 24.4 Å². The Morgan fingerprint density at radius 3 is 2.01 bits per heavy atom. The number of ether oxygens (including phenoxy) is 1. The topological polar surface area (TPSA) is 143 Å². The molecule has 0 spiro atoms. The Morgan fingerprint density at radius 2 is 1.46 bits per heavy atom. The number of fused-ring (bicyclic) bond motifs is 2. The van der Waals surface area contributed by atoms with Crippen LogP contribution in [0.15, 0.2) is 87.8 Å². The Balaban J connectivity index is 0.000000277. The second-order valence-electron chi connectivity index (χ2n) is 16.3. The molecule has 0 unspecified atom stereocenters. The van der Waals surface area contributed by atoms with E-state index in [1.807, 2.05) is 83.8 Å². The molecule has 2 aromatic heterocycles. The Morgan fingerprint density at radius 1 is 0.873 bits per heavy atom. The molecule has 0 aliphatic carbocycles. The van der Waals surface area contributed by atoms with Crippen LogP contribution in [0.4, 0.5) is 42.5 Å². The summed E-state index contributed by atoms with van der Waals surface area (Å²) in [7, 11) is 5.07. The summed E-state index contributed by atoms with van der Waals surface area (Å²) in [4.78, 5) is 53.2. The van der Waals surface area contributed by atoms with Gasteiger partial charge in [0.25, 0.3) is 0 Å². The van der Waals surface area contributed by atoms with E-state index in [4.69, 9.17) is 27.8 Å². The summed E-state index contributed by atoms with van der Waals surface area (Å²) in [5.41, 5.74) is 8.71. The van der Waals surface area contributed by atoms with Crippen LogP contribution in [0.1, 0.15) is 50.4 Å². The number of thiocarbonyl (C=S) groups is 1. The maximum Gasteiger partial charge on any atom is 0.416 e. The van der Waals surface area contributed by atoms with Crippen molar-refractivity contribution in [2.45, 2.75) is 39.2 Å². The number of halogens is 9. The van der Waals surface area contributed by atoms with Crippen LogP contribution in [0.3, 0.4) is 0 Å². The van der Waals surface area contributed by atoms with E-state index < -0.39 is 47.7 Å². The first-order valence-corrected chi connectivity index (χ1v) is 25.1. The predicted molar refractivity (Wildman–Crippen MR) is 282 cm³/mol. The van der Waals surface area contributed by atoms with Gasteiger partial charge in [-0.3, -0.25) is 19.4 Å². The minimum atomic E-state index is -5.03. The average Bonchev–Trinajstić information content (AvgIpc) is 3.86. The molecule has 376 valence electrons. The van der Waals surface area contributed by atoms with Crippen LogP contribution in [-0.2, 0) is 47.4 Å². The van der Waals surface area contributed by atoms with Gasteiger partial charge in [0, 0.05) is 80.1 Å². The van der Waals surface area contributed by atoms with Crippen molar-refractivity contribution in [3.8, 4) is 0 Å². The molecule has 1 saturated heterocycles. The molecular formula is C48H43Br2F6IN6O6S2. The maximum atomic E-state index is 13.3. The molecule has 6 aromatic rings. The van der Waals surface area contributed by atoms with Crippen LogP contribution in [0, 0.1) is 17.4 Å². The number of alkyl halides is 6. The lowest BCUT2D eigenvalue weighted by Crippen LogP contribution is -2.43.